The van der Waals surface area contributed by atoms with Crippen molar-refractivity contribution >= 4 is 11.7 Å². The highest BCUT2D eigenvalue weighted by Gasteiger charge is 2.30. The Hall–Kier alpha value is -2.89. The van der Waals surface area contributed by atoms with Gasteiger partial charge in [0.25, 0.3) is 0 Å². The first-order chi connectivity index (χ1) is 14.6. The molecule has 1 unspecified atom stereocenters. The number of fused-ring (bicyclic) bond motifs is 1. The number of benzene rings is 1. The highest BCUT2D eigenvalue weighted by atomic mass is 16.5. The van der Waals surface area contributed by atoms with Crippen LogP contribution in [0.1, 0.15) is 41.6 Å². The average molecular weight is 407 g/mol. The number of amides is 1. The molecule has 1 fully saturated rings. The Balaban J connectivity index is 1.60. The van der Waals surface area contributed by atoms with Gasteiger partial charge in [0, 0.05) is 31.7 Å². The summed E-state index contributed by atoms with van der Waals surface area (Å²) in [6.07, 6.45) is 5.41. The highest BCUT2D eigenvalue weighted by Crippen LogP contribution is 2.38. The first-order valence-corrected chi connectivity index (χ1v) is 10.8. The number of nitrogens with zero attached hydrogens (tertiary/aromatic N) is 4. The molecule has 30 heavy (non-hydrogen) atoms. The molecule has 0 radical (unpaired) electrons. The van der Waals surface area contributed by atoms with Crippen LogP contribution in [0.5, 0.6) is 6.01 Å². The van der Waals surface area contributed by atoms with Crippen LogP contribution in [0.2, 0.25) is 0 Å². The van der Waals surface area contributed by atoms with Gasteiger partial charge < -0.3 is 14.5 Å². The standard InChI is InChI=1S/C24H30N4O2/c1-4-17-8-6-7-9-19(17)18-10-11-20-21(16-18)25-24(30-3)26-23(20)28-14-12-27(13-15-28)22(29)5-2/h5-9,18H,2,4,10-16H2,1,3H3. The van der Waals surface area contributed by atoms with Gasteiger partial charge in [0.05, 0.1) is 12.8 Å². The van der Waals surface area contributed by atoms with E-state index in [0.717, 1.165) is 50.3 Å². The van der Waals surface area contributed by atoms with Crippen molar-refractivity contribution in [3.8, 4) is 6.01 Å². The van der Waals surface area contributed by atoms with Crippen molar-refractivity contribution in [1.82, 2.24) is 14.9 Å². The van der Waals surface area contributed by atoms with E-state index in [1.54, 1.807) is 7.11 Å². The molecule has 2 aliphatic rings. The van der Waals surface area contributed by atoms with Gasteiger partial charge >= 0.3 is 6.01 Å². The minimum Gasteiger partial charge on any atom is -0.467 e. The lowest BCUT2D eigenvalue weighted by Gasteiger charge is -2.37. The fraction of sp³-hybridized carbons (Fsp3) is 0.458. The number of aromatic nitrogens is 2. The van der Waals surface area contributed by atoms with Gasteiger partial charge in [0.1, 0.15) is 5.82 Å². The van der Waals surface area contributed by atoms with Crippen LogP contribution in [-0.4, -0.2) is 54.1 Å². The van der Waals surface area contributed by atoms with E-state index in [-0.39, 0.29) is 5.91 Å². The zero-order chi connectivity index (χ0) is 21.1. The molecule has 4 rings (SSSR count). The highest BCUT2D eigenvalue weighted by molar-refractivity contribution is 5.87. The molecule has 1 aliphatic heterocycles. The molecule has 1 aliphatic carbocycles. The van der Waals surface area contributed by atoms with Gasteiger partial charge in [-0.25, -0.2) is 0 Å². The van der Waals surface area contributed by atoms with Crippen LogP contribution in [0, 0.1) is 0 Å². The molecule has 0 spiro atoms. The van der Waals surface area contributed by atoms with Crippen LogP contribution in [0.15, 0.2) is 36.9 Å². The second kappa shape index (κ2) is 8.86. The maximum Gasteiger partial charge on any atom is 0.318 e. The summed E-state index contributed by atoms with van der Waals surface area (Å²) in [6.45, 7) is 8.69. The SMILES string of the molecule is C=CC(=O)N1CCN(c2nc(OC)nc3c2CCC(c2ccccc2CC)C3)CC1. The average Bonchev–Trinajstić information content (AvgIpc) is 2.82. The zero-order valence-corrected chi connectivity index (χ0v) is 17.9. The van der Waals surface area contributed by atoms with E-state index in [0.29, 0.717) is 25.0 Å². The monoisotopic (exact) mass is 406 g/mol. The minimum atomic E-state index is -0.00521. The van der Waals surface area contributed by atoms with E-state index in [9.17, 15) is 4.79 Å². The van der Waals surface area contributed by atoms with Crippen molar-refractivity contribution in [2.75, 3.05) is 38.2 Å². The largest absolute Gasteiger partial charge is 0.467 e. The van der Waals surface area contributed by atoms with Gasteiger partial charge in [-0.1, -0.05) is 37.8 Å². The van der Waals surface area contributed by atoms with Gasteiger partial charge in [-0.05, 0) is 48.8 Å². The third-order valence-corrected chi connectivity index (χ3v) is 6.36. The quantitative estimate of drug-likeness (QED) is 0.714. The summed E-state index contributed by atoms with van der Waals surface area (Å²) in [6, 6.07) is 9.20. The number of rotatable bonds is 5. The van der Waals surface area contributed by atoms with Crippen LogP contribution in [0.4, 0.5) is 5.82 Å². The summed E-state index contributed by atoms with van der Waals surface area (Å²) < 4.78 is 5.45. The molecular weight excluding hydrogens is 376 g/mol. The van der Waals surface area contributed by atoms with Gasteiger partial charge in [0.2, 0.25) is 5.91 Å². The van der Waals surface area contributed by atoms with E-state index in [4.69, 9.17) is 14.7 Å². The fourth-order valence-corrected chi connectivity index (χ4v) is 4.71. The molecule has 1 amide bonds. The summed E-state index contributed by atoms with van der Waals surface area (Å²) in [5.74, 6) is 1.45. The molecule has 2 aromatic rings. The van der Waals surface area contributed by atoms with Crippen molar-refractivity contribution in [2.24, 2.45) is 0 Å². The number of hydrogen-bond acceptors (Lipinski definition) is 5. The van der Waals surface area contributed by atoms with Crippen LogP contribution in [-0.2, 0) is 24.1 Å². The normalized spacial score (nSPS) is 18.7. The van der Waals surface area contributed by atoms with Crippen LogP contribution in [0.25, 0.3) is 0 Å². The number of aryl methyl sites for hydroxylation is 1. The lowest BCUT2D eigenvalue weighted by atomic mass is 9.80. The van der Waals surface area contributed by atoms with Gasteiger partial charge in [0.15, 0.2) is 0 Å². The second-order valence-corrected chi connectivity index (χ2v) is 7.97. The van der Waals surface area contributed by atoms with Crippen molar-refractivity contribution < 1.29 is 9.53 Å². The number of anilines is 1. The smallest absolute Gasteiger partial charge is 0.318 e. The maximum atomic E-state index is 11.9. The molecule has 1 saturated heterocycles. The van der Waals surface area contributed by atoms with Crippen molar-refractivity contribution in [1.29, 1.82) is 0 Å². The fourth-order valence-electron chi connectivity index (χ4n) is 4.71. The van der Waals surface area contributed by atoms with Crippen LogP contribution >= 0.6 is 0 Å². The van der Waals surface area contributed by atoms with Crippen molar-refractivity contribution in [3.05, 3.63) is 59.3 Å². The summed E-state index contributed by atoms with van der Waals surface area (Å²) >= 11 is 0. The molecule has 2 heterocycles. The Morgan fingerprint density at radius 3 is 2.70 bits per heavy atom. The van der Waals surface area contributed by atoms with E-state index in [1.165, 1.54) is 22.8 Å². The molecule has 6 heteroatoms. The Kier molecular flexibility index (Phi) is 6.02. The zero-order valence-electron chi connectivity index (χ0n) is 17.9. The van der Waals surface area contributed by atoms with E-state index < -0.39 is 0 Å². The molecule has 158 valence electrons. The Labute approximate surface area is 178 Å². The number of piperazine rings is 1. The first-order valence-electron chi connectivity index (χ1n) is 10.8. The van der Waals surface area contributed by atoms with E-state index in [1.807, 2.05) is 4.90 Å². The molecule has 0 N–H and O–H groups in total. The number of methoxy groups -OCH3 is 1. The Bertz CT molecular complexity index is 935. The van der Waals surface area contributed by atoms with Gasteiger partial charge in [-0.2, -0.15) is 9.97 Å². The molecule has 1 atom stereocenters. The molecule has 0 bridgehead atoms. The summed E-state index contributed by atoms with van der Waals surface area (Å²) in [5, 5.41) is 0. The van der Waals surface area contributed by atoms with E-state index >= 15 is 0 Å². The Morgan fingerprint density at radius 2 is 2.00 bits per heavy atom. The molecule has 6 nitrogen and oxygen atoms in total. The summed E-state index contributed by atoms with van der Waals surface area (Å²) in [5.41, 5.74) is 5.21. The predicted octanol–water partition coefficient (Wildman–Crippen LogP) is 3.15. The molecule has 1 aromatic carbocycles. The van der Waals surface area contributed by atoms with Crippen LogP contribution in [0.3, 0.4) is 0 Å². The Morgan fingerprint density at radius 1 is 1.23 bits per heavy atom. The molecular formula is C24H30N4O2. The lowest BCUT2D eigenvalue weighted by Crippen LogP contribution is -2.49. The third kappa shape index (κ3) is 3.91. The van der Waals surface area contributed by atoms with Crippen LogP contribution < -0.4 is 9.64 Å². The molecule has 0 saturated carbocycles. The summed E-state index contributed by atoms with van der Waals surface area (Å²) in [4.78, 5) is 25.5. The number of carbonyl (C=O) groups excluding carboxylic acids is 1. The van der Waals surface area contributed by atoms with Gasteiger partial charge in [-0.3, -0.25) is 4.79 Å². The number of hydrogen-bond donors (Lipinski definition) is 0. The maximum absolute atomic E-state index is 11.9. The lowest BCUT2D eigenvalue weighted by molar-refractivity contribution is -0.126. The second-order valence-electron chi connectivity index (χ2n) is 7.97. The predicted molar refractivity (Wildman–Crippen MR) is 118 cm³/mol. The first kappa shape index (κ1) is 20.4. The molecule has 1 aromatic heterocycles. The third-order valence-electron chi connectivity index (χ3n) is 6.36. The van der Waals surface area contributed by atoms with Crippen molar-refractivity contribution in [3.63, 3.8) is 0 Å². The van der Waals surface area contributed by atoms with Crippen molar-refractivity contribution in [2.45, 2.75) is 38.5 Å². The van der Waals surface area contributed by atoms with E-state index in [2.05, 4.69) is 42.7 Å². The summed E-state index contributed by atoms with van der Waals surface area (Å²) in [7, 11) is 1.62. The number of carbonyl (C=O) groups is 1. The topological polar surface area (TPSA) is 58.6 Å². The van der Waals surface area contributed by atoms with Gasteiger partial charge in [-0.15, -0.1) is 0 Å². The minimum absolute atomic E-state index is 0.00521. The number of ether oxygens (including phenoxy) is 1.